The molecule has 0 unspecified atom stereocenters. The molecule has 0 amide bonds. The maximum atomic E-state index is 11.4. The lowest BCUT2D eigenvalue weighted by Gasteiger charge is -2.18. The molecule has 0 atom stereocenters. The number of nitrogens with zero attached hydrogens (tertiary/aromatic N) is 2. The molecule has 0 radical (unpaired) electrons. The van der Waals surface area contributed by atoms with Crippen molar-refractivity contribution < 1.29 is 9.72 Å². The molecule has 1 fully saturated rings. The Labute approximate surface area is 99.2 Å². The van der Waals surface area contributed by atoms with Crippen molar-refractivity contribution in [2.45, 2.75) is 25.8 Å². The van der Waals surface area contributed by atoms with Crippen LogP contribution in [0, 0.1) is 10.1 Å². The van der Waals surface area contributed by atoms with Crippen molar-refractivity contribution in [3.8, 4) is 0 Å². The van der Waals surface area contributed by atoms with Gasteiger partial charge in [0.15, 0.2) is 5.78 Å². The molecular weight excluding hydrogens is 220 g/mol. The molecule has 0 saturated heterocycles. The molecule has 2 rings (SSSR count). The van der Waals surface area contributed by atoms with E-state index in [-0.39, 0.29) is 17.0 Å². The van der Waals surface area contributed by atoms with Gasteiger partial charge in [-0.2, -0.15) is 0 Å². The van der Waals surface area contributed by atoms with E-state index >= 15 is 0 Å². The molecule has 17 heavy (non-hydrogen) atoms. The van der Waals surface area contributed by atoms with Crippen LogP contribution in [0.25, 0.3) is 0 Å². The molecule has 5 heteroatoms. The van der Waals surface area contributed by atoms with Crippen LogP contribution in [0.5, 0.6) is 0 Å². The Morgan fingerprint density at radius 3 is 2.59 bits per heavy atom. The summed E-state index contributed by atoms with van der Waals surface area (Å²) in [6.07, 6.45) is 2.28. The fourth-order valence-corrected chi connectivity index (χ4v) is 1.86. The Bertz CT molecular complexity index is 481. The van der Waals surface area contributed by atoms with Crippen LogP contribution in [0.1, 0.15) is 30.1 Å². The molecule has 90 valence electrons. The van der Waals surface area contributed by atoms with Crippen LogP contribution >= 0.6 is 0 Å². The molecule has 0 spiro atoms. The van der Waals surface area contributed by atoms with Gasteiger partial charge >= 0.3 is 0 Å². The second-order valence-electron chi connectivity index (χ2n) is 4.36. The molecule has 1 aromatic carbocycles. The van der Waals surface area contributed by atoms with Gasteiger partial charge in [0.25, 0.3) is 5.69 Å². The van der Waals surface area contributed by atoms with Gasteiger partial charge in [0.1, 0.15) is 0 Å². The summed E-state index contributed by atoms with van der Waals surface area (Å²) >= 11 is 0. The summed E-state index contributed by atoms with van der Waals surface area (Å²) in [5, 5.41) is 10.8. The average molecular weight is 234 g/mol. The second kappa shape index (κ2) is 4.16. The van der Waals surface area contributed by atoms with Gasteiger partial charge in [-0.15, -0.1) is 0 Å². The van der Waals surface area contributed by atoms with E-state index in [1.165, 1.54) is 13.0 Å². The quantitative estimate of drug-likeness (QED) is 0.456. The second-order valence-corrected chi connectivity index (χ2v) is 4.36. The van der Waals surface area contributed by atoms with Gasteiger partial charge in [-0.05, 0) is 31.9 Å². The molecule has 0 aliphatic heterocycles. The fourth-order valence-electron chi connectivity index (χ4n) is 1.86. The van der Waals surface area contributed by atoms with Gasteiger partial charge < -0.3 is 4.90 Å². The number of Topliss-reactive ketones (excluding diaryl/α,β-unsaturated/α-hetero) is 1. The van der Waals surface area contributed by atoms with Crippen LogP contribution in [-0.4, -0.2) is 23.8 Å². The lowest BCUT2D eigenvalue weighted by molar-refractivity contribution is -0.385. The highest BCUT2D eigenvalue weighted by Crippen LogP contribution is 2.32. The van der Waals surface area contributed by atoms with Crippen molar-refractivity contribution >= 4 is 17.2 Å². The monoisotopic (exact) mass is 234 g/mol. The maximum Gasteiger partial charge on any atom is 0.280 e. The van der Waals surface area contributed by atoms with Crippen LogP contribution in [0.2, 0.25) is 0 Å². The highest BCUT2D eigenvalue weighted by atomic mass is 16.6. The first-order chi connectivity index (χ1) is 8.00. The van der Waals surface area contributed by atoms with Crippen molar-refractivity contribution in [1.82, 2.24) is 0 Å². The Hall–Kier alpha value is -1.91. The van der Waals surface area contributed by atoms with E-state index in [1.54, 1.807) is 12.1 Å². The lowest BCUT2D eigenvalue weighted by atomic mass is 10.1. The van der Waals surface area contributed by atoms with E-state index in [1.807, 2.05) is 7.05 Å². The third kappa shape index (κ3) is 2.27. The van der Waals surface area contributed by atoms with Crippen molar-refractivity contribution in [2.75, 3.05) is 11.9 Å². The number of hydrogen-bond acceptors (Lipinski definition) is 4. The number of anilines is 1. The Balaban J connectivity index is 2.41. The maximum absolute atomic E-state index is 11.4. The first-order valence-electron chi connectivity index (χ1n) is 5.53. The van der Waals surface area contributed by atoms with E-state index < -0.39 is 4.92 Å². The van der Waals surface area contributed by atoms with Gasteiger partial charge in [-0.1, -0.05) is 0 Å². The van der Waals surface area contributed by atoms with Crippen molar-refractivity contribution in [1.29, 1.82) is 0 Å². The Morgan fingerprint density at radius 1 is 1.47 bits per heavy atom. The minimum atomic E-state index is -0.516. The fraction of sp³-hybridized carbons (Fsp3) is 0.417. The van der Waals surface area contributed by atoms with Gasteiger partial charge in [-0.3, -0.25) is 14.9 Å². The van der Waals surface area contributed by atoms with Crippen molar-refractivity contribution in [2.24, 2.45) is 0 Å². The van der Waals surface area contributed by atoms with Crippen LogP contribution in [0.4, 0.5) is 11.4 Å². The SMILES string of the molecule is CC(=O)c1cc(N(C)C2CC2)ccc1[N+](=O)[O-]. The number of carbonyl (C=O) groups excluding carboxylic acids is 1. The summed E-state index contributed by atoms with van der Waals surface area (Å²) in [5.74, 6) is -0.275. The number of carbonyl (C=O) groups is 1. The van der Waals surface area contributed by atoms with E-state index in [2.05, 4.69) is 4.90 Å². The molecule has 0 aromatic heterocycles. The first kappa shape index (κ1) is 11.6. The molecule has 0 N–H and O–H groups in total. The Morgan fingerprint density at radius 2 is 2.12 bits per heavy atom. The minimum Gasteiger partial charge on any atom is -0.372 e. The summed E-state index contributed by atoms with van der Waals surface area (Å²) < 4.78 is 0. The number of nitro benzene ring substituents is 1. The minimum absolute atomic E-state index is 0.120. The number of nitro groups is 1. The standard InChI is InChI=1S/C12H14N2O3/c1-8(15)11-7-10(13(2)9-3-4-9)5-6-12(11)14(16)17/h5-7,9H,3-4H2,1-2H3. The average Bonchev–Trinajstić information content (AvgIpc) is 3.10. The van der Waals surface area contributed by atoms with Crippen molar-refractivity contribution in [3.63, 3.8) is 0 Å². The molecular formula is C12H14N2O3. The normalized spacial score (nSPS) is 14.5. The third-order valence-electron chi connectivity index (χ3n) is 3.06. The summed E-state index contributed by atoms with van der Waals surface area (Å²) in [6.45, 7) is 1.35. The zero-order chi connectivity index (χ0) is 12.6. The number of benzene rings is 1. The van der Waals surface area contributed by atoms with E-state index in [9.17, 15) is 14.9 Å². The van der Waals surface area contributed by atoms with E-state index in [0.29, 0.717) is 6.04 Å². The molecule has 0 bridgehead atoms. The van der Waals surface area contributed by atoms with Crippen LogP contribution in [0.3, 0.4) is 0 Å². The van der Waals surface area contributed by atoms with Gasteiger partial charge in [0.05, 0.1) is 10.5 Å². The molecule has 1 aliphatic rings. The third-order valence-corrected chi connectivity index (χ3v) is 3.06. The Kier molecular flexibility index (Phi) is 2.83. The first-order valence-corrected chi connectivity index (χ1v) is 5.53. The van der Waals surface area contributed by atoms with Crippen LogP contribution in [-0.2, 0) is 0 Å². The van der Waals surface area contributed by atoms with E-state index in [4.69, 9.17) is 0 Å². The number of hydrogen-bond donors (Lipinski definition) is 0. The molecule has 1 aliphatic carbocycles. The predicted octanol–water partition coefficient (Wildman–Crippen LogP) is 2.40. The van der Waals surface area contributed by atoms with Gasteiger partial charge in [0.2, 0.25) is 0 Å². The molecule has 1 aromatic rings. The van der Waals surface area contributed by atoms with Crippen LogP contribution in [0.15, 0.2) is 18.2 Å². The van der Waals surface area contributed by atoms with Gasteiger partial charge in [-0.25, -0.2) is 0 Å². The highest BCUT2D eigenvalue weighted by molar-refractivity contribution is 5.99. The summed E-state index contributed by atoms with van der Waals surface area (Å²) in [7, 11) is 1.95. The van der Waals surface area contributed by atoms with E-state index in [0.717, 1.165) is 18.5 Å². The molecule has 5 nitrogen and oxygen atoms in total. The number of rotatable bonds is 4. The molecule has 1 saturated carbocycles. The smallest absolute Gasteiger partial charge is 0.280 e. The van der Waals surface area contributed by atoms with Crippen molar-refractivity contribution in [3.05, 3.63) is 33.9 Å². The number of ketones is 1. The topological polar surface area (TPSA) is 63.5 Å². The largest absolute Gasteiger partial charge is 0.372 e. The lowest BCUT2D eigenvalue weighted by Crippen LogP contribution is -2.19. The zero-order valence-electron chi connectivity index (χ0n) is 9.84. The van der Waals surface area contributed by atoms with Crippen LogP contribution < -0.4 is 4.90 Å². The summed E-state index contributed by atoms with van der Waals surface area (Å²) in [5.41, 5.74) is 0.925. The highest BCUT2D eigenvalue weighted by Gasteiger charge is 2.27. The molecule has 0 heterocycles. The predicted molar refractivity (Wildman–Crippen MR) is 64.5 cm³/mol. The summed E-state index contributed by atoms with van der Waals surface area (Å²) in [6, 6.07) is 5.23. The van der Waals surface area contributed by atoms with Gasteiger partial charge in [0, 0.05) is 24.8 Å². The zero-order valence-corrected chi connectivity index (χ0v) is 9.84. The summed E-state index contributed by atoms with van der Waals surface area (Å²) in [4.78, 5) is 23.8.